The lowest BCUT2D eigenvalue weighted by Crippen LogP contribution is -2.17. The molecular weight excluding hydrogens is 342 g/mol. The topological polar surface area (TPSA) is 111 Å². The zero-order valence-electron chi connectivity index (χ0n) is 10.4. The standard InChI is InChI=1S/C10H8ClN3O5S2/c1-13-5-6(2-3-8(13)15)12-21(18,19)9-4-7(14(16)17)10(11)20-9/h2-5,12H,1H3. The molecule has 0 aliphatic rings. The Morgan fingerprint density at radius 2 is 2.10 bits per heavy atom. The SMILES string of the molecule is Cn1cc(NS(=O)(=O)c2cc([N+](=O)[O-])c(Cl)s2)ccc1=O. The van der Waals surface area contributed by atoms with Crippen LogP contribution in [0.3, 0.4) is 0 Å². The van der Waals surface area contributed by atoms with Crippen LogP contribution in [-0.4, -0.2) is 17.9 Å². The number of aryl methyl sites for hydroxylation is 1. The quantitative estimate of drug-likeness (QED) is 0.668. The first-order chi connectivity index (χ1) is 9.70. The molecule has 0 spiro atoms. The second-order valence-corrected chi connectivity index (χ2v) is 7.52. The Morgan fingerprint density at radius 3 is 2.62 bits per heavy atom. The maximum atomic E-state index is 12.1. The smallest absolute Gasteiger partial charge is 0.300 e. The minimum absolute atomic E-state index is 0.157. The Bertz CT molecular complexity index is 871. The van der Waals surface area contributed by atoms with Gasteiger partial charge in [0.2, 0.25) is 5.56 Å². The van der Waals surface area contributed by atoms with E-state index in [1.807, 2.05) is 0 Å². The molecular formula is C10H8ClN3O5S2. The molecule has 11 heteroatoms. The van der Waals surface area contributed by atoms with Gasteiger partial charge >= 0.3 is 0 Å². The summed E-state index contributed by atoms with van der Waals surface area (Å²) in [5.74, 6) is 0. The van der Waals surface area contributed by atoms with Crippen LogP contribution in [0.1, 0.15) is 0 Å². The zero-order chi connectivity index (χ0) is 15.8. The van der Waals surface area contributed by atoms with Crippen LogP contribution in [0.15, 0.2) is 33.4 Å². The van der Waals surface area contributed by atoms with Crippen molar-refractivity contribution < 1.29 is 13.3 Å². The molecule has 0 saturated heterocycles. The summed E-state index contributed by atoms with van der Waals surface area (Å²) in [6, 6.07) is 3.38. The molecule has 0 aliphatic heterocycles. The van der Waals surface area contributed by atoms with Gasteiger partial charge in [-0.2, -0.15) is 0 Å². The summed E-state index contributed by atoms with van der Waals surface area (Å²) in [6.45, 7) is 0. The lowest BCUT2D eigenvalue weighted by atomic mass is 10.4. The molecule has 112 valence electrons. The molecule has 2 aromatic rings. The largest absolute Gasteiger partial charge is 0.316 e. The summed E-state index contributed by atoms with van der Waals surface area (Å²) in [5.41, 5.74) is -0.612. The van der Waals surface area contributed by atoms with Gasteiger partial charge in [0, 0.05) is 25.4 Å². The lowest BCUT2D eigenvalue weighted by molar-refractivity contribution is -0.384. The number of anilines is 1. The van der Waals surface area contributed by atoms with Gasteiger partial charge in [-0.3, -0.25) is 19.6 Å². The van der Waals surface area contributed by atoms with Crippen LogP contribution in [0.25, 0.3) is 0 Å². The van der Waals surface area contributed by atoms with Crippen molar-refractivity contribution in [1.29, 1.82) is 0 Å². The lowest BCUT2D eigenvalue weighted by Gasteiger charge is -2.06. The number of thiophene rings is 1. The third-order valence-corrected chi connectivity index (χ3v) is 5.64. The van der Waals surface area contributed by atoms with Gasteiger partial charge in [-0.05, 0) is 6.07 Å². The number of nitrogens with one attached hydrogen (secondary N) is 1. The summed E-state index contributed by atoms with van der Waals surface area (Å²) in [5, 5.41) is 10.7. The number of sulfonamides is 1. The number of pyridine rings is 1. The van der Waals surface area contributed by atoms with Crippen LogP contribution >= 0.6 is 22.9 Å². The molecule has 21 heavy (non-hydrogen) atoms. The molecule has 1 N–H and O–H groups in total. The molecule has 2 rings (SSSR count). The molecule has 0 aromatic carbocycles. The fourth-order valence-corrected chi connectivity index (χ4v) is 4.16. The molecule has 2 heterocycles. The van der Waals surface area contributed by atoms with E-state index >= 15 is 0 Å². The van der Waals surface area contributed by atoms with Crippen LogP contribution in [0.5, 0.6) is 0 Å². The van der Waals surface area contributed by atoms with Crippen molar-refractivity contribution in [3.63, 3.8) is 0 Å². The second kappa shape index (κ2) is 5.47. The van der Waals surface area contributed by atoms with E-state index in [9.17, 15) is 23.3 Å². The van der Waals surface area contributed by atoms with E-state index in [-0.39, 0.29) is 19.8 Å². The average molecular weight is 350 g/mol. The molecule has 0 saturated carbocycles. The van der Waals surface area contributed by atoms with Gasteiger partial charge in [-0.25, -0.2) is 8.42 Å². The number of hydrogen-bond donors (Lipinski definition) is 1. The third kappa shape index (κ3) is 3.23. The van der Waals surface area contributed by atoms with Crippen molar-refractivity contribution in [2.24, 2.45) is 7.05 Å². The molecule has 2 aromatic heterocycles. The van der Waals surface area contributed by atoms with E-state index in [0.717, 1.165) is 6.07 Å². The summed E-state index contributed by atoms with van der Waals surface area (Å²) in [4.78, 5) is 21.1. The maximum Gasteiger partial charge on any atom is 0.300 e. The molecule has 0 unspecified atom stereocenters. The average Bonchev–Trinajstić information content (AvgIpc) is 2.77. The number of rotatable bonds is 4. The summed E-state index contributed by atoms with van der Waals surface area (Å²) in [7, 11) is -2.55. The molecule has 0 bridgehead atoms. The third-order valence-electron chi connectivity index (χ3n) is 2.45. The van der Waals surface area contributed by atoms with Gasteiger partial charge in [-0.1, -0.05) is 11.6 Å². The number of halogens is 1. The highest BCUT2D eigenvalue weighted by atomic mass is 35.5. The van der Waals surface area contributed by atoms with Crippen molar-refractivity contribution in [3.8, 4) is 0 Å². The van der Waals surface area contributed by atoms with Crippen LogP contribution in [0.2, 0.25) is 4.34 Å². The van der Waals surface area contributed by atoms with Crippen molar-refractivity contribution in [3.05, 3.63) is 49.2 Å². The number of nitro groups is 1. The first kappa shape index (κ1) is 15.5. The normalized spacial score (nSPS) is 11.3. The highest BCUT2D eigenvalue weighted by Gasteiger charge is 2.25. The second-order valence-electron chi connectivity index (χ2n) is 3.95. The van der Waals surface area contributed by atoms with Gasteiger partial charge in [0.15, 0.2) is 4.34 Å². The molecule has 0 atom stereocenters. The predicted octanol–water partition coefficient (Wildman–Crippen LogP) is 1.81. The maximum absolute atomic E-state index is 12.1. The highest BCUT2D eigenvalue weighted by Crippen LogP contribution is 2.36. The van der Waals surface area contributed by atoms with Crippen LogP contribution in [-0.2, 0) is 17.1 Å². The molecule has 8 nitrogen and oxygen atoms in total. The Balaban J connectivity index is 2.38. The van der Waals surface area contributed by atoms with Gasteiger partial charge < -0.3 is 4.57 Å². The molecule has 0 fully saturated rings. The molecule has 0 radical (unpaired) electrons. The minimum atomic E-state index is -4.01. The van der Waals surface area contributed by atoms with Gasteiger partial charge in [0.25, 0.3) is 15.7 Å². The van der Waals surface area contributed by atoms with E-state index in [4.69, 9.17) is 11.6 Å². The first-order valence-electron chi connectivity index (χ1n) is 5.34. The van der Waals surface area contributed by atoms with Gasteiger partial charge in [0.05, 0.1) is 10.6 Å². The number of nitrogens with zero attached hydrogens (tertiary/aromatic N) is 2. The Hall–Kier alpha value is -1.91. The summed E-state index contributed by atoms with van der Waals surface area (Å²) < 4.78 is 27.1. The van der Waals surface area contributed by atoms with Crippen LogP contribution in [0, 0.1) is 10.1 Å². The number of hydrogen-bond acceptors (Lipinski definition) is 6. The highest BCUT2D eigenvalue weighted by molar-refractivity contribution is 7.94. The van der Waals surface area contributed by atoms with E-state index in [1.165, 1.54) is 29.9 Å². The molecule has 0 aliphatic carbocycles. The van der Waals surface area contributed by atoms with E-state index < -0.39 is 20.6 Å². The molecule has 0 amide bonds. The van der Waals surface area contributed by atoms with E-state index in [0.29, 0.717) is 11.3 Å². The summed E-state index contributed by atoms with van der Waals surface area (Å²) in [6.07, 6.45) is 1.30. The van der Waals surface area contributed by atoms with Crippen molar-refractivity contribution >= 4 is 44.3 Å². The first-order valence-corrected chi connectivity index (χ1v) is 8.02. The van der Waals surface area contributed by atoms with Gasteiger partial charge in [0.1, 0.15) is 4.21 Å². The summed E-state index contributed by atoms with van der Waals surface area (Å²) >= 11 is 6.22. The van der Waals surface area contributed by atoms with Crippen LogP contribution in [0.4, 0.5) is 11.4 Å². The Kier molecular flexibility index (Phi) is 4.03. The predicted molar refractivity (Wildman–Crippen MR) is 78.5 cm³/mol. The fraction of sp³-hybridized carbons (Fsp3) is 0.100. The van der Waals surface area contributed by atoms with Gasteiger partial charge in [-0.15, -0.1) is 11.3 Å². The Morgan fingerprint density at radius 1 is 1.43 bits per heavy atom. The van der Waals surface area contributed by atoms with Crippen molar-refractivity contribution in [2.75, 3.05) is 4.72 Å². The Labute approximate surface area is 127 Å². The van der Waals surface area contributed by atoms with E-state index in [1.54, 1.807) is 0 Å². The fourth-order valence-electron chi connectivity index (χ4n) is 1.46. The van der Waals surface area contributed by atoms with Crippen molar-refractivity contribution in [2.45, 2.75) is 4.21 Å². The number of aromatic nitrogens is 1. The van der Waals surface area contributed by atoms with Crippen LogP contribution < -0.4 is 10.3 Å². The monoisotopic (exact) mass is 349 g/mol. The zero-order valence-corrected chi connectivity index (χ0v) is 12.8. The van der Waals surface area contributed by atoms with Crippen molar-refractivity contribution in [1.82, 2.24) is 4.57 Å². The minimum Gasteiger partial charge on any atom is -0.316 e. The van der Waals surface area contributed by atoms with E-state index in [2.05, 4.69) is 4.72 Å².